The molecule has 0 spiro atoms. The molecule has 22 heavy (non-hydrogen) atoms. The summed E-state index contributed by atoms with van der Waals surface area (Å²) in [6, 6.07) is 6.55. The van der Waals surface area contributed by atoms with Crippen molar-refractivity contribution in [1.82, 2.24) is 4.90 Å². The molecule has 2 aliphatic heterocycles. The smallest absolute Gasteiger partial charge is 0.264 e. The summed E-state index contributed by atoms with van der Waals surface area (Å²) in [5, 5.41) is 0. The van der Waals surface area contributed by atoms with Gasteiger partial charge in [-0.25, -0.2) is 8.42 Å². The van der Waals surface area contributed by atoms with Gasteiger partial charge < -0.3 is 15.4 Å². The molecule has 0 saturated carbocycles. The van der Waals surface area contributed by atoms with Gasteiger partial charge in [0.15, 0.2) is 9.84 Å². The Morgan fingerprint density at radius 3 is 2.50 bits per heavy atom. The average Bonchev–Trinajstić information content (AvgIpc) is 2.71. The number of rotatable bonds is 3. The second kappa shape index (κ2) is 4.79. The van der Waals surface area contributed by atoms with Crippen LogP contribution in [0.3, 0.4) is 0 Å². The first kappa shape index (κ1) is 15.0. The molecule has 1 aromatic carbocycles. The highest BCUT2D eigenvalue weighted by atomic mass is 32.2. The number of carbonyl (C=O) groups excluding carboxylic acids is 2. The number of ether oxygens (including phenoxy) is 1. The maximum absolute atomic E-state index is 12.6. The van der Waals surface area contributed by atoms with Crippen LogP contribution in [0.15, 0.2) is 24.3 Å². The summed E-state index contributed by atoms with van der Waals surface area (Å²) in [4.78, 5) is 23.7. The van der Waals surface area contributed by atoms with Gasteiger partial charge in [0.2, 0.25) is 4.87 Å². The number of fused-ring (bicyclic) bond motifs is 1. The van der Waals surface area contributed by atoms with Crippen LogP contribution in [0.2, 0.25) is 0 Å². The van der Waals surface area contributed by atoms with Crippen molar-refractivity contribution in [1.29, 1.82) is 0 Å². The van der Waals surface area contributed by atoms with Gasteiger partial charge in [-0.3, -0.25) is 9.59 Å². The number of amides is 2. The van der Waals surface area contributed by atoms with E-state index in [0.29, 0.717) is 18.6 Å². The first-order chi connectivity index (χ1) is 10.3. The quantitative estimate of drug-likeness (QED) is 0.806. The van der Waals surface area contributed by atoms with Gasteiger partial charge in [-0.05, 0) is 5.56 Å². The fourth-order valence-electron chi connectivity index (χ4n) is 3.10. The van der Waals surface area contributed by atoms with Crippen LogP contribution < -0.4 is 5.73 Å². The Morgan fingerprint density at radius 1 is 1.36 bits per heavy atom. The molecular formula is C14H16N2O5S. The molecule has 1 fully saturated rings. The van der Waals surface area contributed by atoms with Crippen LogP contribution in [-0.4, -0.2) is 44.1 Å². The predicted octanol–water partition coefficient (Wildman–Crippen LogP) is -0.500. The van der Waals surface area contributed by atoms with Crippen LogP contribution in [-0.2, 0) is 35.6 Å². The molecule has 2 heterocycles. The molecule has 2 N–H and O–H groups in total. The lowest BCUT2D eigenvalue weighted by Gasteiger charge is -2.38. The predicted molar refractivity (Wildman–Crippen MR) is 77.1 cm³/mol. The van der Waals surface area contributed by atoms with Gasteiger partial charge in [-0.15, -0.1) is 0 Å². The summed E-state index contributed by atoms with van der Waals surface area (Å²) in [5.41, 5.74) is 6.31. The van der Waals surface area contributed by atoms with Crippen molar-refractivity contribution in [3.63, 3.8) is 0 Å². The van der Waals surface area contributed by atoms with E-state index in [0.717, 1.165) is 11.2 Å². The minimum absolute atomic E-state index is 0.0187. The maximum Gasteiger partial charge on any atom is 0.264 e. The Morgan fingerprint density at radius 2 is 2.00 bits per heavy atom. The largest absolute Gasteiger partial charge is 0.368 e. The van der Waals surface area contributed by atoms with E-state index in [1.807, 2.05) is 0 Å². The van der Waals surface area contributed by atoms with Crippen LogP contribution in [0.1, 0.15) is 17.5 Å². The van der Waals surface area contributed by atoms with Crippen LogP contribution >= 0.6 is 0 Å². The molecular weight excluding hydrogens is 308 g/mol. The van der Waals surface area contributed by atoms with Crippen molar-refractivity contribution >= 4 is 21.7 Å². The van der Waals surface area contributed by atoms with Crippen molar-refractivity contribution in [3.05, 3.63) is 35.4 Å². The lowest BCUT2D eigenvalue weighted by atomic mass is 10.0. The summed E-state index contributed by atoms with van der Waals surface area (Å²) < 4.78 is 30.1. The van der Waals surface area contributed by atoms with Crippen molar-refractivity contribution < 1.29 is 22.7 Å². The first-order valence-corrected chi connectivity index (χ1v) is 8.70. The number of sulfone groups is 1. The highest BCUT2D eigenvalue weighted by Gasteiger charge is 2.60. The van der Waals surface area contributed by atoms with Crippen molar-refractivity contribution in [2.24, 2.45) is 5.73 Å². The molecule has 0 aliphatic carbocycles. The van der Waals surface area contributed by atoms with Crippen LogP contribution in [0, 0.1) is 0 Å². The number of hydrogen-bond acceptors (Lipinski definition) is 5. The highest BCUT2D eigenvalue weighted by Crippen LogP contribution is 2.44. The molecule has 7 nitrogen and oxygen atoms in total. The van der Waals surface area contributed by atoms with E-state index in [9.17, 15) is 18.0 Å². The SMILES string of the molecule is CS(=O)(=O)C1(C(N)=O)c2ccccc2CN1C(=O)C1CCO1. The Kier molecular flexibility index (Phi) is 3.26. The van der Waals surface area contributed by atoms with Gasteiger partial charge in [0, 0.05) is 24.8 Å². The molecule has 1 saturated heterocycles. The number of nitrogens with two attached hydrogens (primary N) is 1. The zero-order valence-corrected chi connectivity index (χ0v) is 12.8. The summed E-state index contributed by atoms with van der Waals surface area (Å²) in [6.45, 7) is 0.463. The van der Waals surface area contributed by atoms with Crippen LogP contribution in [0.25, 0.3) is 0 Å². The highest BCUT2D eigenvalue weighted by molar-refractivity contribution is 7.92. The van der Waals surface area contributed by atoms with E-state index in [1.165, 1.54) is 6.07 Å². The standard InChI is InChI=1S/C14H16N2O5S/c1-22(19,20)14(13(15)18)10-5-3-2-4-9(10)8-16(14)12(17)11-6-7-21-11/h2-5,11H,6-8H2,1H3,(H2,15,18). The van der Waals surface area contributed by atoms with Gasteiger partial charge in [0.25, 0.3) is 11.8 Å². The second-order valence-electron chi connectivity index (χ2n) is 5.51. The van der Waals surface area contributed by atoms with E-state index < -0.39 is 32.6 Å². The maximum atomic E-state index is 12.6. The van der Waals surface area contributed by atoms with Gasteiger partial charge in [-0.1, -0.05) is 24.3 Å². The zero-order valence-electron chi connectivity index (χ0n) is 12.0. The molecule has 3 rings (SSSR count). The Balaban J connectivity index is 2.22. The molecule has 0 bridgehead atoms. The summed E-state index contributed by atoms with van der Waals surface area (Å²) in [6.07, 6.45) is 0.710. The van der Waals surface area contributed by atoms with E-state index in [-0.39, 0.29) is 12.1 Å². The first-order valence-electron chi connectivity index (χ1n) is 6.81. The van der Waals surface area contributed by atoms with E-state index in [2.05, 4.69) is 0 Å². The van der Waals surface area contributed by atoms with E-state index in [1.54, 1.807) is 18.2 Å². The molecule has 2 amide bonds. The molecule has 2 aliphatic rings. The third-order valence-electron chi connectivity index (χ3n) is 4.20. The topological polar surface area (TPSA) is 107 Å². The normalized spacial score (nSPS) is 27.1. The minimum Gasteiger partial charge on any atom is -0.368 e. The number of carbonyl (C=O) groups is 2. The average molecular weight is 324 g/mol. The fraction of sp³-hybridized carbons (Fsp3) is 0.429. The van der Waals surface area contributed by atoms with E-state index >= 15 is 0 Å². The van der Waals surface area contributed by atoms with Gasteiger partial charge in [0.1, 0.15) is 6.10 Å². The molecule has 1 aromatic rings. The molecule has 8 heteroatoms. The van der Waals surface area contributed by atoms with Crippen molar-refractivity contribution in [2.45, 2.75) is 23.9 Å². The fourth-order valence-corrected chi connectivity index (χ4v) is 4.62. The van der Waals surface area contributed by atoms with Gasteiger partial charge in [0.05, 0.1) is 6.61 Å². The van der Waals surface area contributed by atoms with Gasteiger partial charge >= 0.3 is 0 Å². The van der Waals surface area contributed by atoms with Crippen LogP contribution in [0.4, 0.5) is 0 Å². The Hall–Kier alpha value is -1.93. The Labute approximate surface area is 128 Å². The number of nitrogens with zero attached hydrogens (tertiary/aromatic N) is 1. The lowest BCUT2D eigenvalue weighted by Crippen LogP contribution is -2.60. The third-order valence-corrected chi connectivity index (χ3v) is 5.92. The van der Waals surface area contributed by atoms with Crippen molar-refractivity contribution in [3.8, 4) is 0 Å². The number of primary amides is 1. The molecule has 2 atom stereocenters. The van der Waals surface area contributed by atoms with Crippen molar-refractivity contribution in [2.75, 3.05) is 12.9 Å². The lowest BCUT2D eigenvalue weighted by molar-refractivity contribution is -0.162. The monoisotopic (exact) mass is 324 g/mol. The van der Waals surface area contributed by atoms with Crippen LogP contribution in [0.5, 0.6) is 0 Å². The summed E-state index contributed by atoms with van der Waals surface area (Å²) >= 11 is 0. The molecule has 0 radical (unpaired) electrons. The molecule has 118 valence electrons. The Bertz CT molecular complexity index is 756. The molecule has 0 aromatic heterocycles. The number of hydrogen-bond donors (Lipinski definition) is 1. The summed E-state index contributed by atoms with van der Waals surface area (Å²) in [7, 11) is -4.01. The van der Waals surface area contributed by atoms with E-state index in [4.69, 9.17) is 10.5 Å². The van der Waals surface area contributed by atoms with Gasteiger partial charge in [-0.2, -0.15) is 0 Å². The molecule has 2 unspecified atom stereocenters. The second-order valence-corrected chi connectivity index (χ2v) is 7.65. The third kappa shape index (κ3) is 1.80. The summed E-state index contributed by atoms with van der Waals surface area (Å²) in [5.74, 6) is -1.60. The number of benzene rings is 1. The zero-order chi connectivity index (χ0) is 16.1. The minimum atomic E-state index is -4.01.